The zero-order chi connectivity index (χ0) is 18.9. The highest BCUT2D eigenvalue weighted by atomic mass is 32.2. The van der Waals surface area contributed by atoms with E-state index < -0.39 is 27.6 Å². The maximum absolute atomic E-state index is 14.0. The standard InChI is InChI=1S/C16H19F2N3O3S/c1-9(2)20-25(23,24)11-7-14(21(4)8-11)16(22)19-13-6-5-12(17)10(3)15(13)18/h5-9,20H,1-4H3,(H,19,22). The third-order valence-corrected chi connectivity index (χ3v) is 5.11. The lowest BCUT2D eigenvalue weighted by molar-refractivity contribution is 0.101. The molecule has 0 aliphatic rings. The molecule has 136 valence electrons. The minimum atomic E-state index is -3.76. The fourth-order valence-corrected chi connectivity index (χ4v) is 3.55. The van der Waals surface area contributed by atoms with Gasteiger partial charge in [-0.3, -0.25) is 4.79 Å². The van der Waals surface area contributed by atoms with E-state index in [9.17, 15) is 22.0 Å². The molecule has 6 nitrogen and oxygen atoms in total. The van der Waals surface area contributed by atoms with Gasteiger partial charge in [0.1, 0.15) is 16.4 Å². The fourth-order valence-electron chi connectivity index (χ4n) is 2.23. The summed E-state index contributed by atoms with van der Waals surface area (Å²) in [6.45, 7) is 4.60. The molecule has 1 aromatic heterocycles. The first-order chi connectivity index (χ1) is 11.5. The number of anilines is 1. The number of benzene rings is 1. The predicted octanol–water partition coefficient (Wildman–Crippen LogP) is 2.55. The molecular formula is C16H19F2N3O3S. The van der Waals surface area contributed by atoms with Gasteiger partial charge in [0, 0.05) is 24.8 Å². The lowest BCUT2D eigenvalue weighted by Gasteiger charge is -2.09. The molecule has 0 aliphatic heterocycles. The SMILES string of the molecule is Cc1c(F)ccc(NC(=O)c2cc(S(=O)(=O)NC(C)C)cn2C)c1F. The number of aromatic nitrogens is 1. The molecule has 0 atom stereocenters. The summed E-state index contributed by atoms with van der Waals surface area (Å²) in [5.74, 6) is -2.31. The Morgan fingerprint density at radius 1 is 1.24 bits per heavy atom. The molecule has 25 heavy (non-hydrogen) atoms. The van der Waals surface area contributed by atoms with Crippen LogP contribution in [0.25, 0.3) is 0 Å². The van der Waals surface area contributed by atoms with E-state index in [1.165, 1.54) is 30.8 Å². The van der Waals surface area contributed by atoms with Crippen LogP contribution < -0.4 is 10.0 Å². The Morgan fingerprint density at radius 3 is 2.48 bits per heavy atom. The smallest absolute Gasteiger partial charge is 0.272 e. The van der Waals surface area contributed by atoms with E-state index in [1.54, 1.807) is 13.8 Å². The molecule has 0 aliphatic carbocycles. The van der Waals surface area contributed by atoms with Gasteiger partial charge in [0.2, 0.25) is 10.0 Å². The van der Waals surface area contributed by atoms with Crippen LogP contribution in [-0.2, 0) is 17.1 Å². The second-order valence-electron chi connectivity index (χ2n) is 5.94. The molecule has 0 saturated carbocycles. The minimum Gasteiger partial charge on any atom is -0.345 e. The van der Waals surface area contributed by atoms with Gasteiger partial charge in [0.15, 0.2) is 5.82 Å². The number of rotatable bonds is 5. The van der Waals surface area contributed by atoms with Crippen LogP contribution in [0.4, 0.5) is 14.5 Å². The third-order valence-electron chi connectivity index (χ3n) is 3.48. The van der Waals surface area contributed by atoms with Crippen LogP contribution in [0.15, 0.2) is 29.3 Å². The molecule has 0 radical (unpaired) electrons. The van der Waals surface area contributed by atoms with Crippen LogP contribution in [-0.4, -0.2) is 24.9 Å². The van der Waals surface area contributed by atoms with Crippen molar-refractivity contribution < 1.29 is 22.0 Å². The monoisotopic (exact) mass is 371 g/mol. The minimum absolute atomic E-state index is 0.0190. The van der Waals surface area contributed by atoms with Gasteiger partial charge in [-0.05, 0) is 39.0 Å². The van der Waals surface area contributed by atoms with Crippen molar-refractivity contribution in [3.05, 3.63) is 47.3 Å². The highest BCUT2D eigenvalue weighted by Gasteiger charge is 2.22. The average molecular weight is 371 g/mol. The summed E-state index contributed by atoms with van der Waals surface area (Å²) in [7, 11) is -2.27. The Bertz CT molecular complexity index is 921. The summed E-state index contributed by atoms with van der Waals surface area (Å²) in [5, 5.41) is 2.32. The van der Waals surface area contributed by atoms with Gasteiger partial charge < -0.3 is 9.88 Å². The highest BCUT2D eigenvalue weighted by Crippen LogP contribution is 2.22. The summed E-state index contributed by atoms with van der Waals surface area (Å²) in [6, 6.07) is 3.03. The van der Waals surface area contributed by atoms with E-state index in [4.69, 9.17) is 0 Å². The summed E-state index contributed by atoms with van der Waals surface area (Å²) in [6.07, 6.45) is 1.28. The van der Waals surface area contributed by atoms with E-state index in [0.717, 1.165) is 12.1 Å². The average Bonchev–Trinajstić information content (AvgIpc) is 2.89. The first-order valence-electron chi connectivity index (χ1n) is 7.47. The van der Waals surface area contributed by atoms with Crippen molar-refractivity contribution in [2.45, 2.75) is 31.7 Å². The van der Waals surface area contributed by atoms with Gasteiger partial charge in [-0.1, -0.05) is 0 Å². The molecule has 0 fully saturated rings. The molecule has 9 heteroatoms. The number of nitrogens with zero attached hydrogens (tertiary/aromatic N) is 1. The van der Waals surface area contributed by atoms with E-state index in [1.807, 2.05) is 0 Å². The molecule has 0 saturated heterocycles. The molecule has 2 rings (SSSR count). The van der Waals surface area contributed by atoms with Gasteiger partial charge >= 0.3 is 0 Å². The number of nitrogens with one attached hydrogen (secondary N) is 2. The maximum Gasteiger partial charge on any atom is 0.272 e. The van der Waals surface area contributed by atoms with Crippen molar-refractivity contribution in [3.63, 3.8) is 0 Å². The van der Waals surface area contributed by atoms with Crippen LogP contribution in [0.3, 0.4) is 0 Å². The predicted molar refractivity (Wildman–Crippen MR) is 89.9 cm³/mol. The van der Waals surface area contributed by atoms with Gasteiger partial charge in [0.25, 0.3) is 5.91 Å². The Morgan fingerprint density at radius 2 is 1.88 bits per heavy atom. The molecule has 2 N–H and O–H groups in total. The topological polar surface area (TPSA) is 80.2 Å². The maximum atomic E-state index is 14.0. The molecule has 0 unspecified atom stereocenters. The number of hydrogen-bond donors (Lipinski definition) is 2. The molecule has 1 heterocycles. The number of carbonyl (C=O) groups is 1. The van der Waals surface area contributed by atoms with Crippen molar-refractivity contribution >= 4 is 21.6 Å². The third kappa shape index (κ3) is 4.05. The molecular weight excluding hydrogens is 352 g/mol. The first-order valence-corrected chi connectivity index (χ1v) is 8.96. The number of amides is 1. The number of aryl methyl sites for hydroxylation is 1. The van der Waals surface area contributed by atoms with E-state index in [0.29, 0.717) is 0 Å². The largest absolute Gasteiger partial charge is 0.345 e. The van der Waals surface area contributed by atoms with Gasteiger partial charge in [-0.25, -0.2) is 21.9 Å². The van der Waals surface area contributed by atoms with Gasteiger partial charge in [0.05, 0.1) is 5.69 Å². The second kappa shape index (κ2) is 6.93. The van der Waals surface area contributed by atoms with E-state index >= 15 is 0 Å². The van der Waals surface area contributed by atoms with Crippen LogP contribution in [0.2, 0.25) is 0 Å². The van der Waals surface area contributed by atoms with Crippen LogP contribution in [0.5, 0.6) is 0 Å². The Kier molecular flexibility index (Phi) is 5.28. The Hall–Kier alpha value is -2.26. The zero-order valence-corrected chi connectivity index (χ0v) is 15.0. The summed E-state index contributed by atoms with van der Waals surface area (Å²) >= 11 is 0. The quantitative estimate of drug-likeness (QED) is 0.848. The zero-order valence-electron chi connectivity index (χ0n) is 14.2. The molecule has 0 spiro atoms. The normalized spacial score (nSPS) is 11.8. The van der Waals surface area contributed by atoms with Crippen molar-refractivity contribution in [2.75, 3.05) is 5.32 Å². The van der Waals surface area contributed by atoms with Crippen molar-refractivity contribution in [3.8, 4) is 0 Å². The highest BCUT2D eigenvalue weighted by molar-refractivity contribution is 7.89. The van der Waals surface area contributed by atoms with Crippen LogP contribution >= 0.6 is 0 Å². The van der Waals surface area contributed by atoms with Gasteiger partial charge in [-0.15, -0.1) is 0 Å². The number of halogens is 2. The van der Waals surface area contributed by atoms with Crippen LogP contribution in [0, 0.1) is 18.6 Å². The van der Waals surface area contributed by atoms with E-state index in [2.05, 4.69) is 10.0 Å². The van der Waals surface area contributed by atoms with Crippen LogP contribution in [0.1, 0.15) is 29.9 Å². The van der Waals surface area contributed by atoms with E-state index in [-0.39, 0.29) is 27.9 Å². The lowest BCUT2D eigenvalue weighted by Crippen LogP contribution is -2.29. The second-order valence-corrected chi connectivity index (χ2v) is 7.65. The lowest BCUT2D eigenvalue weighted by atomic mass is 10.2. The molecule has 1 aromatic carbocycles. The van der Waals surface area contributed by atoms with Crippen molar-refractivity contribution in [1.29, 1.82) is 0 Å². The molecule has 0 bridgehead atoms. The summed E-state index contributed by atoms with van der Waals surface area (Å²) in [5.41, 5.74) is -0.380. The Labute approximate surface area is 144 Å². The number of hydrogen-bond acceptors (Lipinski definition) is 3. The number of sulfonamides is 1. The number of carbonyl (C=O) groups excluding carboxylic acids is 1. The molecule has 1 amide bonds. The summed E-state index contributed by atoms with van der Waals surface area (Å²) < 4.78 is 55.4. The van der Waals surface area contributed by atoms with Crippen molar-refractivity contribution in [1.82, 2.24) is 9.29 Å². The Balaban J connectivity index is 2.31. The van der Waals surface area contributed by atoms with Gasteiger partial charge in [-0.2, -0.15) is 0 Å². The summed E-state index contributed by atoms with van der Waals surface area (Å²) in [4.78, 5) is 12.3. The fraction of sp³-hybridized carbons (Fsp3) is 0.312. The first kappa shape index (κ1) is 19.1. The molecule has 2 aromatic rings. The van der Waals surface area contributed by atoms with Crippen molar-refractivity contribution in [2.24, 2.45) is 7.05 Å².